The summed E-state index contributed by atoms with van der Waals surface area (Å²) in [5, 5.41) is 3.63. The van der Waals surface area contributed by atoms with E-state index in [0.717, 1.165) is 30.8 Å². The third-order valence-corrected chi connectivity index (χ3v) is 9.84. The second-order valence-electron chi connectivity index (χ2n) is 11.6. The first-order valence-corrected chi connectivity index (χ1v) is 14.2. The molecule has 4 nitrogen and oxygen atoms in total. The zero-order chi connectivity index (χ0) is 23.7. The number of piperazine rings is 1. The van der Waals surface area contributed by atoms with Crippen molar-refractivity contribution in [1.82, 2.24) is 15.1 Å². The summed E-state index contributed by atoms with van der Waals surface area (Å²) >= 11 is 0. The summed E-state index contributed by atoms with van der Waals surface area (Å²) in [6.45, 7) is 6.94. The molecule has 188 valence electrons. The van der Waals surface area contributed by atoms with Gasteiger partial charge in [-0.25, -0.2) is 0 Å². The number of piperidine rings is 1. The number of benzene rings is 2. The fourth-order valence-corrected chi connectivity index (χ4v) is 7.77. The van der Waals surface area contributed by atoms with E-state index in [1.807, 2.05) is 0 Å². The van der Waals surface area contributed by atoms with E-state index in [0.29, 0.717) is 11.5 Å². The molecule has 4 heteroatoms. The quantitative estimate of drug-likeness (QED) is 0.579. The Bertz CT molecular complexity index is 977. The first kappa shape index (κ1) is 23.5. The summed E-state index contributed by atoms with van der Waals surface area (Å²) in [4.78, 5) is 5.69. The van der Waals surface area contributed by atoms with Crippen LogP contribution in [0.4, 0.5) is 0 Å². The van der Waals surface area contributed by atoms with Gasteiger partial charge in [-0.1, -0.05) is 49.2 Å². The van der Waals surface area contributed by atoms with E-state index in [1.54, 1.807) is 18.2 Å². The summed E-state index contributed by atoms with van der Waals surface area (Å²) in [5.74, 6) is 1.71. The number of nitrogens with one attached hydrogen (secondary N) is 1. The fourth-order valence-electron chi connectivity index (χ4n) is 7.77. The minimum atomic E-state index is 0.510. The van der Waals surface area contributed by atoms with Crippen molar-refractivity contribution in [2.24, 2.45) is 5.41 Å². The Morgan fingerprint density at radius 2 is 1.63 bits per heavy atom. The Labute approximate surface area is 212 Å². The second kappa shape index (κ2) is 10.2. The molecule has 0 aromatic heterocycles. The molecule has 2 aromatic carbocycles. The zero-order valence-electron chi connectivity index (χ0n) is 21.6. The molecule has 1 spiro atoms. The van der Waals surface area contributed by atoms with E-state index < -0.39 is 0 Å². The average molecular weight is 474 g/mol. The van der Waals surface area contributed by atoms with Crippen molar-refractivity contribution < 1.29 is 4.74 Å². The van der Waals surface area contributed by atoms with Crippen molar-refractivity contribution in [2.75, 3.05) is 39.8 Å². The second-order valence-corrected chi connectivity index (χ2v) is 11.6. The SMILES string of the molecule is COc1ccc(CN2CCN(C3CCC34CCNCC4)C(c3ccccc3C3CCCC3)C2)cc1. The highest BCUT2D eigenvalue weighted by Gasteiger charge is 2.52. The Morgan fingerprint density at radius 1 is 0.886 bits per heavy atom. The summed E-state index contributed by atoms with van der Waals surface area (Å²) in [6.07, 6.45) is 11.1. The van der Waals surface area contributed by atoms with Gasteiger partial charge in [0.2, 0.25) is 0 Å². The molecular formula is C31H43N3O. The predicted octanol–water partition coefficient (Wildman–Crippen LogP) is 5.74. The first-order valence-electron chi connectivity index (χ1n) is 14.2. The molecule has 0 amide bonds. The van der Waals surface area contributed by atoms with Gasteiger partial charge in [0, 0.05) is 38.3 Å². The van der Waals surface area contributed by atoms with Crippen LogP contribution in [0.3, 0.4) is 0 Å². The third-order valence-electron chi connectivity index (χ3n) is 9.84. The van der Waals surface area contributed by atoms with Gasteiger partial charge in [0.25, 0.3) is 0 Å². The molecule has 2 aliphatic heterocycles. The lowest BCUT2D eigenvalue weighted by atomic mass is 9.58. The van der Waals surface area contributed by atoms with E-state index in [-0.39, 0.29) is 0 Å². The standard InChI is InChI=1S/C31H43N3O/c1-35-26-12-10-24(11-13-26)22-33-20-21-34(30-14-15-31(30)16-18-32-19-17-31)29(23-33)28-9-5-4-8-27(28)25-6-2-3-7-25/h4-5,8-13,25,29-30,32H,2-3,6-7,14-23H2,1H3. The van der Waals surface area contributed by atoms with Crippen molar-refractivity contribution in [3.05, 3.63) is 65.2 Å². The molecule has 2 aliphatic carbocycles. The van der Waals surface area contributed by atoms with Gasteiger partial charge in [-0.15, -0.1) is 0 Å². The molecule has 4 fully saturated rings. The largest absolute Gasteiger partial charge is 0.497 e. The average Bonchev–Trinajstić information content (AvgIpc) is 3.45. The predicted molar refractivity (Wildman–Crippen MR) is 143 cm³/mol. The van der Waals surface area contributed by atoms with Gasteiger partial charge in [0.05, 0.1) is 7.11 Å². The van der Waals surface area contributed by atoms with Gasteiger partial charge in [0.1, 0.15) is 5.75 Å². The lowest BCUT2D eigenvalue weighted by molar-refractivity contribution is -0.0905. The minimum absolute atomic E-state index is 0.510. The van der Waals surface area contributed by atoms with Crippen LogP contribution < -0.4 is 10.1 Å². The summed E-state index contributed by atoms with van der Waals surface area (Å²) in [7, 11) is 1.75. The van der Waals surface area contributed by atoms with Crippen LogP contribution in [0.2, 0.25) is 0 Å². The topological polar surface area (TPSA) is 27.7 Å². The van der Waals surface area contributed by atoms with Crippen molar-refractivity contribution in [3.8, 4) is 5.75 Å². The smallest absolute Gasteiger partial charge is 0.118 e. The van der Waals surface area contributed by atoms with Gasteiger partial charge < -0.3 is 10.1 Å². The number of rotatable bonds is 6. The van der Waals surface area contributed by atoms with Crippen LogP contribution in [-0.2, 0) is 6.54 Å². The lowest BCUT2D eigenvalue weighted by Gasteiger charge is -2.60. The van der Waals surface area contributed by atoms with Gasteiger partial charge in [-0.2, -0.15) is 0 Å². The van der Waals surface area contributed by atoms with Crippen LogP contribution in [-0.4, -0.2) is 55.7 Å². The number of ether oxygens (including phenoxy) is 1. The minimum Gasteiger partial charge on any atom is -0.497 e. The van der Waals surface area contributed by atoms with Crippen molar-refractivity contribution in [1.29, 1.82) is 0 Å². The van der Waals surface area contributed by atoms with Crippen LogP contribution in [0.1, 0.15) is 80.0 Å². The molecular weight excluding hydrogens is 430 g/mol. The van der Waals surface area contributed by atoms with Crippen LogP contribution in [0.25, 0.3) is 0 Å². The maximum atomic E-state index is 5.39. The number of hydrogen-bond acceptors (Lipinski definition) is 4. The molecule has 0 radical (unpaired) electrons. The fraction of sp³-hybridized carbons (Fsp3) is 0.613. The maximum Gasteiger partial charge on any atom is 0.118 e. The Kier molecular flexibility index (Phi) is 6.88. The highest BCUT2D eigenvalue weighted by atomic mass is 16.5. The molecule has 4 aliphatic rings. The van der Waals surface area contributed by atoms with E-state index in [4.69, 9.17) is 4.74 Å². The zero-order valence-corrected chi connectivity index (χ0v) is 21.6. The highest BCUT2D eigenvalue weighted by molar-refractivity contribution is 5.35. The van der Waals surface area contributed by atoms with Crippen LogP contribution >= 0.6 is 0 Å². The molecule has 2 atom stereocenters. The summed E-state index contributed by atoms with van der Waals surface area (Å²) in [6, 6.07) is 19.5. The maximum absolute atomic E-state index is 5.39. The van der Waals surface area contributed by atoms with E-state index in [1.165, 1.54) is 83.1 Å². The third kappa shape index (κ3) is 4.65. The molecule has 6 rings (SSSR count). The van der Waals surface area contributed by atoms with Crippen LogP contribution in [0.5, 0.6) is 5.75 Å². The van der Waals surface area contributed by atoms with Gasteiger partial charge in [0.15, 0.2) is 0 Å². The molecule has 35 heavy (non-hydrogen) atoms. The van der Waals surface area contributed by atoms with Crippen molar-refractivity contribution in [2.45, 2.75) is 75.9 Å². The molecule has 2 aromatic rings. The number of nitrogens with zero attached hydrogens (tertiary/aromatic N) is 2. The highest BCUT2D eigenvalue weighted by Crippen LogP contribution is 2.53. The normalized spacial score (nSPS) is 27.7. The van der Waals surface area contributed by atoms with Gasteiger partial charge in [-0.3, -0.25) is 9.80 Å². The molecule has 1 N–H and O–H groups in total. The Hall–Kier alpha value is -1.88. The van der Waals surface area contributed by atoms with Crippen molar-refractivity contribution in [3.63, 3.8) is 0 Å². The van der Waals surface area contributed by atoms with Gasteiger partial charge in [-0.05, 0) is 91.8 Å². The molecule has 2 saturated heterocycles. The molecule has 2 heterocycles. The monoisotopic (exact) mass is 473 g/mol. The van der Waals surface area contributed by atoms with Crippen LogP contribution in [0.15, 0.2) is 48.5 Å². The van der Waals surface area contributed by atoms with Gasteiger partial charge >= 0.3 is 0 Å². The first-order chi connectivity index (χ1) is 17.3. The Balaban J connectivity index is 1.28. The molecule has 2 unspecified atom stereocenters. The summed E-state index contributed by atoms with van der Waals surface area (Å²) in [5.41, 5.74) is 5.24. The van der Waals surface area contributed by atoms with Crippen LogP contribution in [0, 0.1) is 5.41 Å². The number of methoxy groups -OCH3 is 1. The molecule has 0 bridgehead atoms. The summed E-state index contributed by atoms with van der Waals surface area (Å²) < 4.78 is 5.39. The van der Waals surface area contributed by atoms with E-state index >= 15 is 0 Å². The van der Waals surface area contributed by atoms with Crippen molar-refractivity contribution >= 4 is 0 Å². The lowest BCUT2D eigenvalue weighted by Crippen LogP contribution is -2.63. The Morgan fingerprint density at radius 3 is 2.31 bits per heavy atom. The van der Waals surface area contributed by atoms with E-state index in [2.05, 4.69) is 63.6 Å². The number of hydrogen-bond donors (Lipinski definition) is 1. The van der Waals surface area contributed by atoms with E-state index in [9.17, 15) is 0 Å². The molecule has 2 saturated carbocycles.